The zero-order valence-corrected chi connectivity index (χ0v) is 12.9. The second kappa shape index (κ2) is 7.18. The van der Waals surface area contributed by atoms with Crippen molar-refractivity contribution in [2.75, 3.05) is 13.2 Å². The molecule has 20 heavy (non-hydrogen) atoms. The van der Waals surface area contributed by atoms with Gasteiger partial charge in [0, 0.05) is 12.5 Å². The number of nitrogens with zero attached hydrogens (tertiary/aromatic N) is 3. The summed E-state index contributed by atoms with van der Waals surface area (Å²) in [6.07, 6.45) is 4.32. The third-order valence-corrected chi connectivity index (χ3v) is 4.21. The zero-order valence-electron chi connectivity index (χ0n) is 12.9. The summed E-state index contributed by atoms with van der Waals surface area (Å²) in [5.74, 6) is 2.66. The van der Waals surface area contributed by atoms with Crippen LogP contribution in [0.2, 0.25) is 0 Å². The van der Waals surface area contributed by atoms with Gasteiger partial charge in [-0.15, -0.1) is 0 Å². The molecule has 0 aromatic carbocycles. The molecule has 0 amide bonds. The lowest BCUT2D eigenvalue weighted by atomic mass is 9.91. The molecule has 2 unspecified atom stereocenters. The number of rotatable bonds is 6. The van der Waals surface area contributed by atoms with Crippen LogP contribution < -0.4 is 0 Å². The summed E-state index contributed by atoms with van der Waals surface area (Å²) < 4.78 is 5.34. The molecule has 2 rings (SSSR count). The number of hydrogen-bond donors (Lipinski definition) is 1. The van der Waals surface area contributed by atoms with Crippen LogP contribution in [0.5, 0.6) is 0 Å². The van der Waals surface area contributed by atoms with Crippen molar-refractivity contribution in [3.63, 3.8) is 0 Å². The third kappa shape index (κ3) is 4.03. The molecule has 0 bridgehead atoms. The van der Waals surface area contributed by atoms with Gasteiger partial charge in [0.05, 0.1) is 13.2 Å². The van der Waals surface area contributed by atoms with Crippen molar-refractivity contribution in [1.82, 2.24) is 15.0 Å². The molecular weight excluding hydrogens is 254 g/mol. The molecule has 0 radical (unpaired) electrons. The highest BCUT2D eigenvalue weighted by Gasteiger charge is 2.29. The molecule has 1 aromatic rings. The summed E-state index contributed by atoms with van der Waals surface area (Å²) in [6, 6.07) is 0.217. The fourth-order valence-electron chi connectivity index (χ4n) is 2.87. The molecule has 5 heteroatoms. The molecule has 5 nitrogen and oxygen atoms in total. The summed E-state index contributed by atoms with van der Waals surface area (Å²) in [5.41, 5.74) is 0. The number of hydrogen-bond acceptors (Lipinski definition) is 5. The Balaban J connectivity index is 1.92. The lowest BCUT2D eigenvalue weighted by Crippen LogP contribution is -2.46. The van der Waals surface area contributed by atoms with Gasteiger partial charge in [0.25, 0.3) is 0 Å². The topological polar surface area (TPSA) is 62.4 Å². The number of aliphatic hydroxyl groups is 1. The van der Waals surface area contributed by atoms with Crippen molar-refractivity contribution < 1.29 is 9.63 Å². The van der Waals surface area contributed by atoms with Gasteiger partial charge in [-0.1, -0.05) is 25.9 Å². The van der Waals surface area contributed by atoms with Gasteiger partial charge in [-0.05, 0) is 37.6 Å². The molecule has 1 fully saturated rings. The fourth-order valence-corrected chi connectivity index (χ4v) is 2.87. The molecule has 114 valence electrons. The second-order valence-corrected chi connectivity index (χ2v) is 6.38. The van der Waals surface area contributed by atoms with E-state index in [1.807, 2.05) is 0 Å². The molecule has 1 aliphatic rings. The van der Waals surface area contributed by atoms with Crippen LogP contribution in [0.1, 0.15) is 51.7 Å². The number of aliphatic hydroxyl groups excluding tert-OH is 1. The largest absolute Gasteiger partial charge is 0.395 e. The Morgan fingerprint density at radius 2 is 2.25 bits per heavy atom. The third-order valence-electron chi connectivity index (χ3n) is 4.21. The smallest absolute Gasteiger partial charge is 0.240 e. The van der Waals surface area contributed by atoms with Gasteiger partial charge in [0.15, 0.2) is 5.82 Å². The van der Waals surface area contributed by atoms with Gasteiger partial charge < -0.3 is 9.63 Å². The second-order valence-electron chi connectivity index (χ2n) is 6.38. The molecule has 1 saturated heterocycles. The first-order valence-electron chi connectivity index (χ1n) is 7.76. The van der Waals surface area contributed by atoms with Gasteiger partial charge >= 0.3 is 0 Å². The SMILES string of the molecule is CC(C)CCc1noc(CN2CCCC(C)C2CO)n1. The quantitative estimate of drug-likeness (QED) is 0.866. The fraction of sp³-hybridized carbons (Fsp3) is 0.867. The van der Waals surface area contributed by atoms with Gasteiger partial charge in [-0.25, -0.2) is 0 Å². The van der Waals surface area contributed by atoms with Crippen LogP contribution in [0, 0.1) is 11.8 Å². The van der Waals surface area contributed by atoms with E-state index in [1.165, 1.54) is 12.8 Å². The van der Waals surface area contributed by atoms with Crippen molar-refractivity contribution in [1.29, 1.82) is 0 Å². The average molecular weight is 281 g/mol. The minimum atomic E-state index is 0.204. The van der Waals surface area contributed by atoms with Crippen LogP contribution in [0.4, 0.5) is 0 Å². The van der Waals surface area contributed by atoms with Crippen molar-refractivity contribution in [2.24, 2.45) is 11.8 Å². The maximum absolute atomic E-state index is 9.55. The molecule has 1 aliphatic heterocycles. The van der Waals surface area contributed by atoms with E-state index in [4.69, 9.17) is 4.52 Å². The first-order valence-corrected chi connectivity index (χ1v) is 7.76. The van der Waals surface area contributed by atoms with Crippen LogP contribution in [0.15, 0.2) is 4.52 Å². The lowest BCUT2D eigenvalue weighted by molar-refractivity contribution is 0.0400. The Hall–Kier alpha value is -0.940. The van der Waals surface area contributed by atoms with Crippen molar-refractivity contribution in [3.05, 3.63) is 11.7 Å². The van der Waals surface area contributed by atoms with E-state index in [0.29, 0.717) is 24.3 Å². The minimum absolute atomic E-state index is 0.204. The van der Waals surface area contributed by atoms with E-state index in [0.717, 1.165) is 25.2 Å². The van der Waals surface area contributed by atoms with E-state index in [2.05, 4.69) is 35.8 Å². The Labute approximate surface area is 121 Å². The highest BCUT2D eigenvalue weighted by molar-refractivity contribution is 4.90. The zero-order chi connectivity index (χ0) is 14.5. The van der Waals surface area contributed by atoms with Crippen LogP contribution in [0.3, 0.4) is 0 Å². The van der Waals surface area contributed by atoms with Crippen LogP contribution in [-0.2, 0) is 13.0 Å². The van der Waals surface area contributed by atoms with Crippen molar-refractivity contribution in [3.8, 4) is 0 Å². The minimum Gasteiger partial charge on any atom is -0.395 e. The standard InChI is InChI=1S/C15H27N3O2/c1-11(2)6-7-14-16-15(20-17-14)9-18-8-4-5-12(3)13(18)10-19/h11-13,19H,4-10H2,1-3H3. The van der Waals surface area contributed by atoms with Crippen LogP contribution in [-0.4, -0.2) is 39.3 Å². The Morgan fingerprint density at radius 3 is 2.95 bits per heavy atom. The number of likely N-dealkylation sites (tertiary alicyclic amines) is 1. The molecule has 1 N–H and O–H groups in total. The number of aryl methyl sites for hydroxylation is 1. The normalized spacial score (nSPS) is 24.4. The van der Waals surface area contributed by atoms with Crippen molar-refractivity contribution >= 4 is 0 Å². The van der Waals surface area contributed by atoms with Gasteiger partial charge in [0.1, 0.15) is 0 Å². The Kier molecular flexibility index (Phi) is 5.54. The molecule has 1 aromatic heterocycles. The molecule has 0 spiro atoms. The lowest BCUT2D eigenvalue weighted by Gasteiger charge is -2.38. The van der Waals surface area contributed by atoms with E-state index < -0.39 is 0 Å². The Morgan fingerprint density at radius 1 is 1.45 bits per heavy atom. The molecule has 0 saturated carbocycles. The van der Waals surface area contributed by atoms with Crippen LogP contribution >= 0.6 is 0 Å². The van der Waals surface area contributed by atoms with Gasteiger partial charge in [-0.2, -0.15) is 4.98 Å². The highest BCUT2D eigenvalue weighted by atomic mass is 16.5. The predicted octanol–water partition coefficient (Wildman–Crippen LogP) is 2.25. The maximum Gasteiger partial charge on any atom is 0.240 e. The Bertz CT molecular complexity index is 406. The first kappa shape index (κ1) is 15.4. The molecule has 0 aliphatic carbocycles. The summed E-state index contributed by atoms with van der Waals surface area (Å²) >= 11 is 0. The number of aromatic nitrogens is 2. The van der Waals surface area contributed by atoms with Crippen molar-refractivity contribution in [2.45, 2.75) is 59.0 Å². The highest BCUT2D eigenvalue weighted by Crippen LogP contribution is 2.24. The first-order chi connectivity index (χ1) is 9.60. The molecule has 2 atom stereocenters. The van der Waals surface area contributed by atoms with Gasteiger partial charge in [0.2, 0.25) is 5.89 Å². The summed E-state index contributed by atoms with van der Waals surface area (Å²) in [6.45, 7) is 8.46. The number of piperidine rings is 1. The molecule has 2 heterocycles. The molecular formula is C15H27N3O2. The summed E-state index contributed by atoms with van der Waals surface area (Å²) in [5, 5.41) is 13.6. The van der Waals surface area contributed by atoms with E-state index in [1.54, 1.807) is 0 Å². The van der Waals surface area contributed by atoms with Gasteiger partial charge in [-0.3, -0.25) is 4.90 Å². The summed E-state index contributed by atoms with van der Waals surface area (Å²) in [7, 11) is 0. The predicted molar refractivity (Wildman–Crippen MR) is 77.1 cm³/mol. The maximum atomic E-state index is 9.55. The summed E-state index contributed by atoms with van der Waals surface area (Å²) in [4.78, 5) is 6.74. The van der Waals surface area contributed by atoms with E-state index in [-0.39, 0.29) is 12.6 Å². The monoisotopic (exact) mass is 281 g/mol. The average Bonchev–Trinajstić information content (AvgIpc) is 2.84. The van der Waals surface area contributed by atoms with E-state index >= 15 is 0 Å². The van der Waals surface area contributed by atoms with E-state index in [9.17, 15) is 5.11 Å². The van der Waals surface area contributed by atoms with Crippen LogP contribution in [0.25, 0.3) is 0 Å².